The van der Waals surface area contributed by atoms with Gasteiger partial charge in [-0.05, 0) is 19.4 Å². The van der Waals surface area contributed by atoms with Crippen molar-refractivity contribution < 1.29 is 0 Å². The molecule has 1 saturated heterocycles. The molecule has 82 valence electrons. The van der Waals surface area contributed by atoms with Gasteiger partial charge in [-0.25, -0.2) is 0 Å². The van der Waals surface area contributed by atoms with Crippen LogP contribution in [-0.4, -0.2) is 31.1 Å². The topological polar surface area (TPSA) is 15.3 Å². The lowest BCUT2D eigenvalue weighted by Crippen LogP contribution is -2.44. The van der Waals surface area contributed by atoms with Crippen LogP contribution < -0.4 is 5.32 Å². The minimum absolute atomic E-state index is 0.548. The molecule has 0 aromatic heterocycles. The van der Waals surface area contributed by atoms with Crippen LogP contribution in [0.4, 0.5) is 0 Å². The summed E-state index contributed by atoms with van der Waals surface area (Å²) in [5.41, 5.74) is 2.80. The van der Waals surface area contributed by atoms with E-state index in [0.717, 1.165) is 26.2 Å². The summed E-state index contributed by atoms with van der Waals surface area (Å²) >= 11 is 0. The van der Waals surface area contributed by atoms with E-state index in [0.29, 0.717) is 6.04 Å². The van der Waals surface area contributed by atoms with E-state index < -0.39 is 0 Å². The van der Waals surface area contributed by atoms with Gasteiger partial charge in [0.05, 0.1) is 0 Å². The number of nitrogens with zero attached hydrogens (tertiary/aromatic N) is 1. The van der Waals surface area contributed by atoms with Gasteiger partial charge in [-0.2, -0.15) is 0 Å². The van der Waals surface area contributed by atoms with Gasteiger partial charge >= 0.3 is 0 Å². The molecule has 15 heavy (non-hydrogen) atoms. The molecule has 0 saturated carbocycles. The average molecular weight is 204 g/mol. The van der Waals surface area contributed by atoms with Gasteiger partial charge in [0, 0.05) is 32.2 Å². The number of nitrogens with one attached hydrogen (secondary N) is 1. The second-order valence-corrected chi connectivity index (χ2v) is 4.38. The molecule has 1 fully saturated rings. The number of rotatable bonds is 2. The van der Waals surface area contributed by atoms with Crippen molar-refractivity contribution in [2.75, 3.05) is 26.2 Å². The third kappa shape index (κ3) is 2.58. The Hall–Kier alpha value is -0.860. The van der Waals surface area contributed by atoms with E-state index in [1.807, 2.05) is 0 Å². The van der Waals surface area contributed by atoms with Crippen LogP contribution in [0.2, 0.25) is 0 Å². The molecule has 1 atom stereocenters. The van der Waals surface area contributed by atoms with E-state index in [4.69, 9.17) is 0 Å². The van der Waals surface area contributed by atoms with Crippen LogP contribution >= 0.6 is 0 Å². The Kier molecular flexibility index (Phi) is 3.39. The summed E-state index contributed by atoms with van der Waals surface area (Å²) in [4.78, 5) is 2.55. The Bertz CT molecular complexity index is 316. The van der Waals surface area contributed by atoms with Crippen LogP contribution in [0.1, 0.15) is 24.1 Å². The summed E-state index contributed by atoms with van der Waals surface area (Å²) in [7, 11) is 0. The fourth-order valence-electron chi connectivity index (χ4n) is 2.21. The van der Waals surface area contributed by atoms with E-state index in [9.17, 15) is 0 Å². The molecule has 2 rings (SSSR count). The fourth-order valence-corrected chi connectivity index (χ4v) is 2.21. The highest BCUT2D eigenvalue weighted by molar-refractivity contribution is 5.24. The maximum Gasteiger partial charge on any atom is 0.0321 e. The smallest absolute Gasteiger partial charge is 0.0321 e. The number of piperazine rings is 1. The SMILES string of the molecule is Cc1cccc([C@H](C)N2CCNCC2)c1. The molecule has 1 aromatic carbocycles. The van der Waals surface area contributed by atoms with E-state index in [1.54, 1.807) is 0 Å². The highest BCUT2D eigenvalue weighted by atomic mass is 15.2. The summed E-state index contributed by atoms with van der Waals surface area (Å²) in [6.45, 7) is 9.03. The van der Waals surface area contributed by atoms with Crippen molar-refractivity contribution in [3.63, 3.8) is 0 Å². The van der Waals surface area contributed by atoms with Gasteiger partial charge in [0.1, 0.15) is 0 Å². The van der Waals surface area contributed by atoms with Crippen LogP contribution in [0.15, 0.2) is 24.3 Å². The van der Waals surface area contributed by atoms with Gasteiger partial charge in [0.15, 0.2) is 0 Å². The molecular formula is C13H20N2. The molecule has 0 amide bonds. The van der Waals surface area contributed by atoms with Gasteiger partial charge in [0.25, 0.3) is 0 Å². The highest BCUT2D eigenvalue weighted by Gasteiger charge is 2.17. The van der Waals surface area contributed by atoms with E-state index in [1.165, 1.54) is 11.1 Å². The molecule has 0 bridgehead atoms. The van der Waals surface area contributed by atoms with Gasteiger partial charge < -0.3 is 5.32 Å². The lowest BCUT2D eigenvalue weighted by atomic mass is 10.0. The zero-order chi connectivity index (χ0) is 10.7. The van der Waals surface area contributed by atoms with Gasteiger partial charge in [0.2, 0.25) is 0 Å². The minimum atomic E-state index is 0.548. The molecule has 1 heterocycles. The summed E-state index contributed by atoms with van der Waals surface area (Å²) in [6, 6.07) is 9.40. The minimum Gasteiger partial charge on any atom is -0.314 e. The van der Waals surface area contributed by atoms with Gasteiger partial charge in [-0.3, -0.25) is 4.90 Å². The third-order valence-corrected chi connectivity index (χ3v) is 3.22. The maximum atomic E-state index is 3.39. The van der Waals surface area contributed by atoms with Crippen LogP contribution in [0.25, 0.3) is 0 Å². The highest BCUT2D eigenvalue weighted by Crippen LogP contribution is 2.20. The van der Waals surface area contributed by atoms with Crippen molar-refractivity contribution in [3.05, 3.63) is 35.4 Å². The van der Waals surface area contributed by atoms with Crippen molar-refractivity contribution in [2.45, 2.75) is 19.9 Å². The Labute approximate surface area is 92.3 Å². The molecule has 2 heteroatoms. The quantitative estimate of drug-likeness (QED) is 0.792. The Morgan fingerprint density at radius 2 is 2.00 bits per heavy atom. The Balaban J connectivity index is 2.08. The monoisotopic (exact) mass is 204 g/mol. The molecule has 0 aliphatic carbocycles. The number of aryl methyl sites for hydroxylation is 1. The normalized spacial score (nSPS) is 20.1. The second-order valence-electron chi connectivity index (χ2n) is 4.38. The first-order chi connectivity index (χ1) is 7.27. The van der Waals surface area contributed by atoms with E-state index in [2.05, 4.69) is 48.3 Å². The van der Waals surface area contributed by atoms with Crippen LogP contribution in [0.3, 0.4) is 0 Å². The molecule has 0 spiro atoms. The van der Waals surface area contributed by atoms with Gasteiger partial charge in [-0.1, -0.05) is 29.8 Å². The molecule has 1 N–H and O–H groups in total. The van der Waals surface area contributed by atoms with E-state index >= 15 is 0 Å². The number of benzene rings is 1. The number of hydrogen-bond donors (Lipinski definition) is 1. The Morgan fingerprint density at radius 1 is 1.27 bits per heavy atom. The lowest BCUT2D eigenvalue weighted by molar-refractivity contribution is 0.185. The number of hydrogen-bond acceptors (Lipinski definition) is 2. The standard InChI is InChI=1S/C13H20N2/c1-11-4-3-5-13(10-11)12(2)15-8-6-14-7-9-15/h3-5,10,12,14H,6-9H2,1-2H3/t12-/m0/s1. The molecule has 0 unspecified atom stereocenters. The third-order valence-electron chi connectivity index (χ3n) is 3.22. The zero-order valence-corrected chi connectivity index (χ0v) is 9.66. The molecule has 0 radical (unpaired) electrons. The predicted molar refractivity (Wildman–Crippen MR) is 64.0 cm³/mol. The predicted octanol–water partition coefficient (Wildman–Crippen LogP) is 1.96. The van der Waals surface area contributed by atoms with E-state index in [-0.39, 0.29) is 0 Å². The fraction of sp³-hybridized carbons (Fsp3) is 0.538. The molecule has 1 aliphatic rings. The molecule has 2 nitrogen and oxygen atoms in total. The first-order valence-electron chi connectivity index (χ1n) is 5.79. The summed E-state index contributed by atoms with van der Waals surface area (Å²) < 4.78 is 0. The molecular weight excluding hydrogens is 184 g/mol. The first kappa shape index (κ1) is 10.7. The maximum absolute atomic E-state index is 3.39. The lowest BCUT2D eigenvalue weighted by Gasteiger charge is -2.33. The van der Waals surface area contributed by atoms with Gasteiger partial charge in [-0.15, -0.1) is 0 Å². The first-order valence-corrected chi connectivity index (χ1v) is 5.79. The summed E-state index contributed by atoms with van der Waals surface area (Å²) in [6.07, 6.45) is 0. The summed E-state index contributed by atoms with van der Waals surface area (Å²) in [5, 5.41) is 3.39. The molecule has 1 aliphatic heterocycles. The van der Waals surface area contributed by atoms with Crippen molar-refractivity contribution in [3.8, 4) is 0 Å². The van der Waals surface area contributed by atoms with Crippen molar-refractivity contribution in [2.24, 2.45) is 0 Å². The average Bonchev–Trinajstić information content (AvgIpc) is 2.29. The van der Waals surface area contributed by atoms with Crippen molar-refractivity contribution in [1.29, 1.82) is 0 Å². The largest absolute Gasteiger partial charge is 0.314 e. The van der Waals surface area contributed by atoms with Crippen molar-refractivity contribution >= 4 is 0 Å². The van der Waals surface area contributed by atoms with Crippen molar-refractivity contribution in [1.82, 2.24) is 10.2 Å². The van der Waals surface area contributed by atoms with Crippen LogP contribution in [0, 0.1) is 6.92 Å². The summed E-state index contributed by atoms with van der Waals surface area (Å²) in [5.74, 6) is 0. The molecule has 1 aromatic rings. The Morgan fingerprint density at radius 3 is 2.67 bits per heavy atom. The van der Waals surface area contributed by atoms with Crippen LogP contribution in [0.5, 0.6) is 0 Å². The van der Waals surface area contributed by atoms with Crippen LogP contribution in [-0.2, 0) is 0 Å². The zero-order valence-electron chi connectivity index (χ0n) is 9.66. The second kappa shape index (κ2) is 4.77.